The Kier molecular flexibility index (Phi) is 6.00. The minimum Gasteiger partial charge on any atom is -0.459 e. The largest absolute Gasteiger partial charge is 0.459 e. The number of esters is 1. The van der Waals surface area contributed by atoms with Crippen molar-refractivity contribution in [1.82, 2.24) is 19.7 Å². The maximum Gasteiger partial charge on any atom is 0.416 e. The molecule has 0 saturated heterocycles. The highest BCUT2D eigenvalue weighted by atomic mass is 19.4. The summed E-state index contributed by atoms with van der Waals surface area (Å²) in [6, 6.07) is 6.97. The van der Waals surface area contributed by atoms with Crippen LogP contribution in [0.15, 0.2) is 49.1 Å². The first kappa shape index (κ1) is 21.2. The molecule has 0 aliphatic rings. The van der Waals surface area contributed by atoms with Gasteiger partial charge in [-0.05, 0) is 50.6 Å². The number of hydrogen-bond acceptors (Lipinski definition) is 5. The van der Waals surface area contributed by atoms with Crippen molar-refractivity contribution >= 4 is 17.7 Å². The highest BCUT2D eigenvalue weighted by Crippen LogP contribution is 2.32. The van der Waals surface area contributed by atoms with Crippen LogP contribution in [0.1, 0.15) is 30.5 Å². The number of carbonyl (C=O) groups excluding carboxylic acids is 1. The number of hydrogen-bond donors (Lipinski definition) is 0. The summed E-state index contributed by atoms with van der Waals surface area (Å²) >= 11 is 0. The van der Waals surface area contributed by atoms with E-state index in [1.807, 2.05) is 0 Å². The van der Waals surface area contributed by atoms with Gasteiger partial charge in [-0.1, -0.05) is 6.07 Å². The molecular formula is C21H19F3N4O2. The van der Waals surface area contributed by atoms with Gasteiger partial charge >= 0.3 is 12.1 Å². The Bertz CT molecular complexity index is 1070. The third-order valence-electron chi connectivity index (χ3n) is 3.97. The van der Waals surface area contributed by atoms with Gasteiger partial charge in [-0.25, -0.2) is 14.5 Å². The zero-order valence-corrected chi connectivity index (χ0v) is 16.5. The van der Waals surface area contributed by atoms with E-state index in [9.17, 15) is 18.0 Å². The van der Waals surface area contributed by atoms with E-state index in [1.54, 1.807) is 45.2 Å². The van der Waals surface area contributed by atoms with E-state index < -0.39 is 17.7 Å². The van der Waals surface area contributed by atoms with Crippen molar-refractivity contribution < 1.29 is 22.7 Å². The molecule has 3 aromatic rings. The molecule has 9 heteroatoms. The molecule has 0 spiro atoms. The number of carbonyl (C=O) groups is 1. The molecule has 3 rings (SSSR count). The molecule has 156 valence electrons. The number of ether oxygens (including phenoxy) is 1. The minimum absolute atomic E-state index is 0.100. The second-order valence-corrected chi connectivity index (χ2v) is 6.87. The summed E-state index contributed by atoms with van der Waals surface area (Å²) in [5, 5.41) is 4.21. The van der Waals surface area contributed by atoms with Gasteiger partial charge in [0.05, 0.1) is 17.2 Å². The fourth-order valence-corrected chi connectivity index (χ4v) is 2.72. The van der Waals surface area contributed by atoms with Crippen LogP contribution in [-0.4, -0.2) is 31.8 Å². The summed E-state index contributed by atoms with van der Waals surface area (Å²) < 4.78 is 45.9. The minimum atomic E-state index is -4.47. The lowest BCUT2D eigenvalue weighted by molar-refractivity contribution is -0.140. The zero-order chi connectivity index (χ0) is 21.9. The third kappa shape index (κ3) is 5.11. The third-order valence-corrected chi connectivity index (χ3v) is 3.97. The number of pyridine rings is 1. The zero-order valence-electron chi connectivity index (χ0n) is 16.5. The Hall–Kier alpha value is -3.49. The second-order valence-electron chi connectivity index (χ2n) is 6.87. The van der Waals surface area contributed by atoms with Crippen LogP contribution in [0, 0.1) is 6.92 Å². The van der Waals surface area contributed by atoms with E-state index in [-0.39, 0.29) is 23.1 Å². The summed E-state index contributed by atoms with van der Waals surface area (Å²) in [5.41, 5.74) is 0.579. The molecule has 1 aromatic carbocycles. The molecule has 30 heavy (non-hydrogen) atoms. The molecular weight excluding hydrogens is 397 g/mol. The van der Waals surface area contributed by atoms with Gasteiger partial charge in [0, 0.05) is 29.7 Å². The number of rotatable bonds is 5. The molecule has 0 unspecified atom stereocenters. The Morgan fingerprint density at radius 3 is 2.63 bits per heavy atom. The predicted molar refractivity (Wildman–Crippen MR) is 105 cm³/mol. The van der Waals surface area contributed by atoms with Gasteiger partial charge in [0.1, 0.15) is 6.33 Å². The molecule has 2 aromatic heterocycles. The average molecular weight is 416 g/mol. The maximum atomic E-state index is 13.1. The van der Waals surface area contributed by atoms with Crippen LogP contribution in [-0.2, 0) is 15.7 Å². The maximum absolute atomic E-state index is 13.1. The molecule has 0 aliphatic heterocycles. The molecule has 0 fully saturated rings. The fraction of sp³-hybridized carbons (Fsp3) is 0.238. The van der Waals surface area contributed by atoms with E-state index in [4.69, 9.17) is 4.74 Å². The molecule has 0 atom stereocenters. The molecule has 6 nitrogen and oxygen atoms in total. The number of aromatic nitrogens is 4. The summed E-state index contributed by atoms with van der Waals surface area (Å²) in [7, 11) is 0. The predicted octanol–water partition coefficient (Wildman–Crippen LogP) is 4.62. The van der Waals surface area contributed by atoms with Gasteiger partial charge in [-0.15, -0.1) is 5.10 Å². The van der Waals surface area contributed by atoms with Gasteiger partial charge < -0.3 is 4.74 Å². The van der Waals surface area contributed by atoms with E-state index in [0.717, 1.165) is 12.1 Å². The van der Waals surface area contributed by atoms with Crippen molar-refractivity contribution in [3.8, 4) is 11.4 Å². The van der Waals surface area contributed by atoms with Crippen LogP contribution in [0.2, 0.25) is 0 Å². The van der Waals surface area contributed by atoms with Gasteiger partial charge in [-0.3, -0.25) is 4.98 Å². The number of benzene rings is 1. The van der Waals surface area contributed by atoms with E-state index in [2.05, 4.69) is 15.1 Å². The normalized spacial score (nSPS) is 12.3. The van der Waals surface area contributed by atoms with Gasteiger partial charge in [0.15, 0.2) is 5.82 Å². The average Bonchev–Trinajstić information content (AvgIpc) is 3.14. The first-order valence-electron chi connectivity index (χ1n) is 9.07. The van der Waals surface area contributed by atoms with Crippen molar-refractivity contribution in [2.75, 3.05) is 0 Å². The Morgan fingerprint density at radius 2 is 2.00 bits per heavy atom. The standard InChI is InChI=1S/C21H19F3N4O2/c1-13(2)30-20(29)18(15-5-4-6-25-10-15)11-28-12-26-19(27-28)16-7-14(3)8-17(9-16)21(22,23)24/h4-13H,1-3H3. The van der Waals surface area contributed by atoms with E-state index in [1.165, 1.54) is 23.4 Å². The quantitative estimate of drug-likeness (QED) is 0.449. The van der Waals surface area contributed by atoms with Crippen LogP contribution in [0.3, 0.4) is 0 Å². The number of alkyl halides is 3. The molecule has 2 heterocycles. The van der Waals surface area contributed by atoms with Crippen molar-refractivity contribution in [3.63, 3.8) is 0 Å². The number of nitrogens with zero attached hydrogens (tertiary/aromatic N) is 4. The number of halogens is 3. The van der Waals surface area contributed by atoms with Crippen LogP contribution in [0.4, 0.5) is 13.2 Å². The van der Waals surface area contributed by atoms with E-state index in [0.29, 0.717) is 11.1 Å². The summed E-state index contributed by atoms with van der Waals surface area (Å²) in [6.07, 6.45) is 0.969. The molecule has 0 saturated carbocycles. The van der Waals surface area contributed by atoms with Gasteiger partial charge in [0.2, 0.25) is 0 Å². The van der Waals surface area contributed by atoms with Crippen LogP contribution >= 0.6 is 0 Å². The van der Waals surface area contributed by atoms with Gasteiger partial charge in [0.25, 0.3) is 0 Å². The second kappa shape index (κ2) is 8.48. The molecule has 0 amide bonds. The van der Waals surface area contributed by atoms with Crippen LogP contribution < -0.4 is 0 Å². The van der Waals surface area contributed by atoms with Crippen molar-refractivity contribution in [2.24, 2.45) is 0 Å². The molecule has 0 N–H and O–H groups in total. The van der Waals surface area contributed by atoms with Crippen molar-refractivity contribution in [2.45, 2.75) is 33.1 Å². The fourth-order valence-electron chi connectivity index (χ4n) is 2.72. The van der Waals surface area contributed by atoms with Crippen molar-refractivity contribution in [1.29, 1.82) is 0 Å². The molecule has 0 radical (unpaired) electrons. The highest BCUT2D eigenvalue weighted by Gasteiger charge is 2.31. The topological polar surface area (TPSA) is 69.9 Å². The smallest absolute Gasteiger partial charge is 0.416 e. The lowest BCUT2D eigenvalue weighted by atomic mass is 10.1. The van der Waals surface area contributed by atoms with Gasteiger partial charge in [-0.2, -0.15) is 13.2 Å². The SMILES string of the molecule is Cc1cc(-c2ncn(C=C(C(=O)OC(C)C)c3cccnc3)n2)cc(C(F)(F)F)c1. The van der Waals surface area contributed by atoms with E-state index >= 15 is 0 Å². The first-order valence-corrected chi connectivity index (χ1v) is 9.07. The molecule has 0 aliphatic carbocycles. The highest BCUT2D eigenvalue weighted by molar-refractivity contribution is 6.20. The Labute approximate surface area is 171 Å². The van der Waals surface area contributed by atoms with Crippen LogP contribution in [0.5, 0.6) is 0 Å². The lowest BCUT2D eigenvalue weighted by Gasteiger charge is -2.11. The monoisotopic (exact) mass is 416 g/mol. The lowest BCUT2D eigenvalue weighted by Crippen LogP contribution is -2.13. The Morgan fingerprint density at radius 1 is 1.23 bits per heavy atom. The number of aryl methyl sites for hydroxylation is 1. The summed E-state index contributed by atoms with van der Waals surface area (Å²) in [6.45, 7) is 5.02. The first-order chi connectivity index (χ1) is 14.1. The summed E-state index contributed by atoms with van der Waals surface area (Å²) in [4.78, 5) is 20.6. The Balaban J connectivity index is 2.00. The summed E-state index contributed by atoms with van der Waals surface area (Å²) in [5.74, 6) is -0.479. The molecule has 0 bridgehead atoms. The van der Waals surface area contributed by atoms with Crippen molar-refractivity contribution in [3.05, 3.63) is 65.7 Å². The van der Waals surface area contributed by atoms with Crippen LogP contribution in [0.25, 0.3) is 23.2 Å².